The van der Waals surface area contributed by atoms with Crippen molar-refractivity contribution in [2.45, 2.75) is 58.0 Å². The van der Waals surface area contributed by atoms with Gasteiger partial charge < -0.3 is 18.7 Å². The monoisotopic (exact) mass is 338 g/mol. The summed E-state index contributed by atoms with van der Waals surface area (Å²) >= 11 is 0. The van der Waals surface area contributed by atoms with Crippen molar-refractivity contribution in [1.29, 1.82) is 0 Å². The summed E-state index contributed by atoms with van der Waals surface area (Å²) in [6, 6.07) is 7.77. The highest BCUT2D eigenvalue weighted by Crippen LogP contribution is 2.37. The van der Waals surface area contributed by atoms with E-state index in [4.69, 9.17) is 13.9 Å². The lowest BCUT2D eigenvalue weighted by Gasteiger charge is -2.38. The van der Waals surface area contributed by atoms with E-state index in [1.807, 2.05) is 24.3 Å². The van der Waals surface area contributed by atoms with Crippen molar-refractivity contribution in [3.05, 3.63) is 29.8 Å². The largest absolute Gasteiger partial charge is 0.497 e. The van der Waals surface area contributed by atoms with E-state index in [-0.39, 0.29) is 11.1 Å². The topological polar surface area (TPSA) is 44.8 Å². The first-order valence-corrected chi connectivity index (χ1v) is 10.9. The molecule has 0 aliphatic rings. The van der Waals surface area contributed by atoms with Crippen LogP contribution in [0.15, 0.2) is 24.3 Å². The Morgan fingerprint density at radius 1 is 1.17 bits per heavy atom. The van der Waals surface area contributed by atoms with Crippen LogP contribution < -0.4 is 4.74 Å². The number of carbonyl (C=O) groups is 1. The van der Waals surface area contributed by atoms with Crippen molar-refractivity contribution >= 4 is 14.6 Å². The Balaban J connectivity index is 2.54. The van der Waals surface area contributed by atoms with Gasteiger partial charge in [0.05, 0.1) is 26.4 Å². The van der Waals surface area contributed by atoms with Gasteiger partial charge in [0.2, 0.25) is 0 Å². The standard InChI is InChI=1S/C18H30O4Si/c1-18(2,3)23(5,6)22-17(11-12-19)14-21-13-15-7-9-16(20-4)10-8-15/h7-10,12,17H,11,13-14H2,1-6H3/t17-/m0/s1. The molecule has 0 fully saturated rings. The molecule has 0 saturated heterocycles. The van der Waals surface area contributed by atoms with Crippen LogP contribution in [0, 0.1) is 0 Å². The molecule has 0 spiro atoms. The quantitative estimate of drug-likeness (QED) is 0.500. The van der Waals surface area contributed by atoms with E-state index < -0.39 is 8.32 Å². The smallest absolute Gasteiger partial charge is 0.192 e. The second-order valence-corrected chi connectivity index (χ2v) is 12.0. The first-order chi connectivity index (χ1) is 10.7. The fourth-order valence-corrected chi connectivity index (χ4v) is 3.23. The van der Waals surface area contributed by atoms with Crippen LogP contribution in [0.2, 0.25) is 18.1 Å². The molecule has 1 aromatic carbocycles. The molecule has 4 nitrogen and oxygen atoms in total. The molecule has 130 valence electrons. The summed E-state index contributed by atoms with van der Waals surface area (Å²) in [5.74, 6) is 0.828. The average Bonchev–Trinajstić information content (AvgIpc) is 2.46. The van der Waals surface area contributed by atoms with Crippen LogP contribution in [0.5, 0.6) is 5.75 Å². The average molecular weight is 339 g/mol. The van der Waals surface area contributed by atoms with Crippen molar-refractivity contribution in [2.75, 3.05) is 13.7 Å². The molecule has 0 aliphatic carbocycles. The molecule has 1 rings (SSSR count). The van der Waals surface area contributed by atoms with Gasteiger partial charge in [-0.1, -0.05) is 32.9 Å². The fourth-order valence-electron chi connectivity index (χ4n) is 1.88. The zero-order valence-electron chi connectivity index (χ0n) is 15.2. The Hall–Kier alpha value is -1.17. The zero-order chi connectivity index (χ0) is 17.5. The Bertz CT molecular complexity index is 477. The Kier molecular flexibility index (Phi) is 7.44. The summed E-state index contributed by atoms with van der Waals surface area (Å²) in [4.78, 5) is 10.9. The van der Waals surface area contributed by atoms with Gasteiger partial charge in [0.15, 0.2) is 8.32 Å². The Morgan fingerprint density at radius 2 is 1.78 bits per heavy atom. The minimum absolute atomic E-state index is 0.115. The third-order valence-corrected chi connectivity index (χ3v) is 8.89. The molecule has 23 heavy (non-hydrogen) atoms. The van der Waals surface area contributed by atoms with Crippen LogP contribution in [0.1, 0.15) is 32.8 Å². The number of hydrogen-bond donors (Lipinski definition) is 0. The van der Waals surface area contributed by atoms with Gasteiger partial charge in [-0.15, -0.1) is 0 Å². The number of hydrogen-bond acceptors (Lipinski definition) is 4. The van der Waals surface area contributed by atoms with Gasteiger partial charge in [0.1, 0.15) is 12.0 Å². The lowest BCUT2D eigenvalue weighted by Crippen LogP contribution is -2.45. The highest BCUT2D eigenvalue weighted by atomic mass is 28.4. The molecular weight excluding hydrogens is 308 g/mol. The third kappa shape index (κ3) is 6.45. The summed E-state index contributed by atoms with van der Waals surface area (Å²) in [5, 5.41) is 0.115. The van der Waals surface area contributed by atoms with Crippen LogP contribution in [0.4, 0.5) is 0 Å². The minimum Gasteiger partial charge on any atom is -0.497 e. The van der Waals surface area contributed by atoms with E-state index in [2.05, 4.69) is 33.9 Å². The molecule has 0 bridgehead atoms. The van der Waals surface area contributed by atoms with E-state index in [0.717, 1.165) is 17.6 Å². The van der Waals surface area contributed by atoms with Crippen molar-refractivity contribution in [3.8, 4) is 5.75 Å². The van der Waals surface area contributed by atoms with Crippen molar-refractivity contribution in [3.63, 3.8) is 0 Å². The molecule has 0 unspecified atom stereocenters. The summed E-state index contributed by atoms with van der Waals surface area (Å²) in [5.41, 5.74) is 1.07. The van der Waals surface area contributed by atoms with E-state index in [0.29, 0.717) is 19.6 Å². The summed E-state index contributed by atoms with van der Waals surface area (Å²) in [6.45, 7) is 11.9. The van der Waals surface area contributed by atoms with Crippen LogP contribution in [-0.4, -0.2) is 34.4 Å². The summed E-state index contributed by atoms with van der Waals surface area (Å²) in [7, 11) is -0.256. The summed E-state index contributed by atoms with van der Waals surface area (Å²) in [6.07, 6.45) is 1.11. The molecule has 1 atom stereocenters. The lowest BCUT2D eigenvalue weighted by molar-refractivity contribution is -0.110. The van der Waals surface area contributed by atoms with Gasteiger partial charge >= 0.3 is 0 Å². The van der Waals surface area contributed by atoms with Crippen LogP contribution in [-0.2, 0) is 20.6 Å². The number of aldehydes is 1. The van der Waals surface area contributed by atoms with Crippen molar-refractivity contribution in [1.82, 2.24) is 0 Å². The SMILES string of the molecule is COc1ccc(COC[C@H](CC=O)O[Si](C)(C)C(C)(C)C)cc1. The van der Waals surface area contributed by atoms with E-state index in [1.165, 1.54) is 0 Å². The molecule has 1 aromatic rings. The van der Waals surface area contributed by atoms with Gasteiger partial charge in [-0.25, -0.2) is 0 Å². The molecule has 5 heteroatoms. The summed E-state index contributed by atoms with van der Waals surface area (Å²) < 4.78 is 17.2. The normalized spacial score (nSPS) is 13.7. The van der Waals surface area contributed by atoms with Gasteiger partial charge in [-0.3, -0.25) is 0 Å². The van der Waals surface area contributed by atoms with Crippen molar-refractivity contribution in [2.24, 2.45) is 0 Å². The maximum Gasteiger partial charge on any atom is 0.192 e. The number of ether oxygens (including phenoxy) is 2. The van der Waals surface area contributed by atoms with E-state index in [9.17, 15) is 4.79 Å². The zero-order valence-corrected chi connectivity index (χ0v) is 16.2. The number of carbonyl (C=O) groups excluding carboxylic acids is 1. The third-order valence-electron chi connectivity index (χ3n) is 4.36. The highest BCUT2D eigenvalue weighted by Gasteiger charge is 2.39. The van der Waals surface area contributed by atoms with E-state index in [1.54, 1.807) is 7.11 Å². The number of rotatable bonds is 9. The predicted octanol–water partition coefficient (Wildman–Crippen LogP) is 4.19. The minimum atomic E-state index is -1.90. The van der Waals surface area contributed by atoms with Gasteiger partial charge in [0, 0.05) is 6.42 Å². The number of benzene rings is 1. The number of methoxy groups -OCH3 is 1. The van der Waals surface area contributed by atoms with E-state index >= 15 is 0 Å². The molecule has 0 radical (unpaired) electrons. The predicted molar refractivity (Wildman–Crippen MR) is 95.4 cm³/mol. The molecule has 0 aromatic heterocycles. The molecule has 0 amide bonds. The second-order valence-electron chi connectivity index (χ2n) is 7.27. The fraction of sp³-hybridized carbons (Fsp3) is 0.611. The first-order valence-electron chi connectivity index (χ1n) is 8.01. The first kappa shape index (κ1) is 19.9. The molecule has 0 saturated carbocycles. The maximum atomic E-state index is 10.9. The highest BCUT2D eigenvalue weighted by molar-refractivity contribution is 6.74. The second kappa shape index (κ2) is 8.62. The van der Waals surface area contributed by atoms with Gasteiger partial charge in [-0.2, -0.15) is 0 Å². The van der Waals surface area contributed by atoms with Crippen molar-refractivity contribution < 1.29 is 18.7 Å². The molecule has 0 heterocycles. The Morgan fingerprint density at radius 3 is 2.26 bits per heavy atom. The lowest BCUT2D eigenvalue weighted by atomic mass is 10.2. The van der Waals surface area contributed by atoms with Gasteiger partial charge in [0.25, 0.3) is 0 Å². The van der Waals surface area contributed by atoms with Crippen LogP contribution in [0.25, 0.3) is 0 Å². The maximum absolute atomic E-state index is 10.9. The Labute approximate surface area is 141 Å². The van der Waals surface area contributed by atoms with Gasteiger partial charge in [-0.05, 0) is 35.8 Å². The van der Waals surface area contributed by atoms with Crippen LogP contribution >= 0.6 is 0 Å². The van der Waals surface area contributed by atoms with Crippen LogP contribution in [0.3, 0.4) is 0 Å². The molecule has 0 aliphatic heterocycles. The molecular formula is C18H30O4Si. The molecule has 0 N–H and O–H groups in total.